The minimum Gasteiger partial charge on any atom is -0.351 e. The topological polar surface area (TPSA) is 34.0 Å². The van der Waals surface area contributed by atoms with Gasteiger partial charge in [0.05, 0.1) is 0 Å². The van der Waals surface area contributed by atoms with Crippen molar-refractivity contribution in [2.75, 3.05) is 6.54 Å². The molecule has 0 aromatic carbocycles. The summed E-state index contributed by atoms with van der Waals surface area (Å²) in [4.78, 5) is 11.9. The first-order valence-electron chi connectivity index (χ1n) is 5.76. The lowest BCUT2D eigenvalue weighted by Gasteiger charge is -2.07. The van der Waals surface area contributed by atoms with Crippen molar-refractivity contribution in [3.05, 3.63) is 22.4 Å². The van der Waals surface area contributed by atoms with E-state index in [-0.39, 0.29) is 5.91 Å². The van der Waals surface area contributed by atoms with Gasteiger partial charge in [-0.1, -0.05) is 0 Å². The van der Waals surface area contributed by atoms with Crippen molar-refractivity contribution >= 4 is 21.8 Å². The van der Waals surface area contributed by atoms with E-state index in [1.54, 1.807) is 0 Å². The number of hydrogen-bond acceptors (Lipinski definition) is 1. The summed E-state index contributed by atoms with van der Waals surface area (Å²) in [5, 5.41) is 2.90. The highest BCUT2D eigenvalue weighted by molar-refractivity contribution is 9.10. The lowest BCUT2D eigenvalue weighted by atomic mass is 10.2. The van der Waals surface area contributed by atoms with Crippen molar-refractivity contribution in [2.45, 2.75) is 32.7 Å². The lowest BCUT2D eigenvalue weighted by molar-refractivity contribution is 0.0944. The Balaban J connectivity index is 2.44. The van der Waals surface area contributed by atoms with Gasteiger partial charge in [-0.25, -0.2) is 0 Å². The molecule has 0 saturated carbocycles. The largest absolute Gasteiger partial charge is 0.351 e. The first-order chi connectivity index (χ1) is 8.19. The van der Waals surface area contributed by atoms with Crippen LogP contribution in [0.15, 0.2) is 16.7 Å². The summed E-state index contributed by atoms with van der Waals surface area (Å²) in [6, 6.07) is 1.83. The van der Waals surface area contributed by atoms with E-state index in [1.807, 2.05) is 23.8 Å². The molecule has 1 rings (SSSR count). The number of terminal acetylenes is 1. The molecule has 1 heterocycles. The minimum absolute atomic E-state index is 0.0294. The zero-order valence-electron chi connectivity index (χ0n) is 10.0. The van der Waals surface area contributed by atoms with Crippen molar-refractivity contribution in [2.24, 2.45) is 0 Å². The van der Waals surface area contributed by atoms with Gasteiger partial charge in [0.2, 0.25) is 0 Å². The molecule has 0 saturated heterocycles. The fourth-order valence-electron chi connectivity index (χ4n) is 1.57. The van der Waals surface area contributed by atoms with Crippen LogP contribution in [0.1, 0.15) is 36.7 Å². The molecule has 1 aromatic rings. The van der Waals surface area contributed by atoms with Gasteiger partial charge in [0.25, 0.3) is 5.91 Å². The predicted octanol–water partition coefficient (Wildman–Crippen LogP) is 2.80. The Morgan fingerprint density at radius 2 is 2.35 bits per heavy atom. The first-order valence-corrected chi connectivity index (χ1v) is 6.55. The maximum absolute atomic E-state index is 11.9. The zero-order chi connectivity index (χ0) is 12.7. The number of aromatic nitrogens is 1. The Morgan fingerprint density at radius 3 is 3.00 bits per heavy atom. The maximum atomic E-state index is 11.9. The molecule has 0 aliphatic rings. The van der Waals surface area contributed by atoms with Gasteiger partial charge < -0.3 is 9.88 Å². The molecular weight excluding hydrogens is 280 g/mol. The van der Waals surface area contributed by atoms with Crippen LogP contribution in [0.4, 0.5) is 0 Å². The molecule has 4 heteroatoms. The Labute approximate surface area is 111 Å². The first kappa shape index (κ1) is 13.9. The highest BCUT2D eigenvalue weighted by Crippen LogP contribution is 2.14. The fraction of sp³-hybridized carbons (Fsp3) is 0.462. The van der Waals surface area contributed by atoms with Crippen LogP contribution in [0.25, 0.3) is 0 Å². The number of amides is 1. The SMILES string of the molecule is C#CCCCCNC(=O)c1cc(Br)cn1CC. The third-order valence-corrected chi connectivity index (χ3v) is 2.90. The number of hydrogen-bond donors (Lipinski definition) is 1. The van der Waals surface area contributed by atoms with Gasteiger partial charge in [-0.2, -0.15) is 0 Å². The zero-order valence-corrected chi connectivity index (χ0v) is 11.6. The number of carbonyl (C=O) groups is 1. The fourth-order valence-corrected chi connectivity index (χ4v) is 2.04. The van der Waals surface area contributed by atoms with Gasteiger partial charge in [0, 0.05) is 30.2 Å². The van der Waals surface area contributed by atoms with Gasteiger partial charge in [0.15, 0.2) is 0 Å². The number of nitrogens with zero attached hydrogens (tertiary/aromatic N) is 1. The van der Waals surface area contributed by atoms with Crippen LogP contribution in [-0.4, -0.2) is 17.0 Å². The Morgan fingerprint density at radius 1 is 1.59 bits per heavy atom. The molecule has 0 atom stereocenters. The van der Waals surface area contributed by atoms with E-state index >= 15 is 0 Å². The molecule has 92 valence electrons. The molecule has 1 aromatic heterocycles. The van der Waals surface area contributed by atoms with Crippen LogP contribution in [-0.2, 0) is 6.54 Å². The van der Waals surface area contributed by atoms with Crippen LogP contribution >= 0.6 is 15.9 Å². The molecule has 0 bridgehead atoms. The Kier molecular flexibility index (Phi) is 5.85. The van der Waals surface area contributed by atoms with Crippen molar-refractivity contribution in [3.63, 3.8) is 0 Å². The molecule has 0 aliphatic carbocycles. The molecular formula is C13H17BrN2O. The molecule has 0 aliphatic heterocycles. The van der Waals surface area contributed by atoms with Crippen LogP contribution in [0.5, 0.6) is 0 Å². The number of nitrogens with one attached hydrogen (secondary N) is 1. The second kappa shape index (κ2) is 7.18. The summed E-state index contributed by atoms with van der Waals surface area (Å²) >= 11 is 3.37. The van der Waals surface area contributed by atoms with E-state index in [9.17, 15) is 4.79 Å². The second-order valence-electron chi connectivity index (χ2n) is 3.75. The van der Waals surface area contributed by atoms with Crippen LogP contribution in [0, 0.1) is 12.3 Å². The molecule has 1 N–H and O–H groups in total. The van der Waals surface area contributed by atoms with Gasteiger partial charge >= 0.3 is 0 Å². The van der Waals surface area contributed by atoms with E-state index in [1.165, 1.54) is 0 Å². The second-order valence-corrected chi connectivity index (χ2v) is 4.66. The number of aryl methyl sites for hydroxylation is 1. The normalized spacial score (nSPS) is 9.94. The summed E-state index contributed by atoms with van der Waals surface area (Å²) in [6.07, 6.45) is 9.71. The summed E-state index contributed by atoms with van der Waals surface area (Å²) in [7, 11) is 0. The average Bonchev–Trinajstić information content (AvgIpc) is 2.70. The molecule has 0 unspecified atom stereocenters. The average molecular weight is 297 g/mol. The monoisotopic (exact) mass is 296 g/mol. The van der Waals surface area contributed by atoms with Crippen molar-refractivity contribution in [3.8, 4) is 12.3 Å². The molecule has 17 heavy (non-hydrogen) atoms. The van der Waals surface area contributed by atoms with Gasteiger partial charge in [-0.3, -0.25) is 4.79 Å². The standard InChI is InChI=1S/C13H17BrN2O/c1-3-5-6-7-8-15-13(17)12-9-11(14)10-16(12)4-2/h1,9-10H,4-8H2,2H3,(H,15,17). The minimum atomic E-state index is -0.0294. The van der Waals surface area contributed by atoms with E-state index in [0.29, 0.717) is 12.2 Å². The highest BCUT2D eigenvalue weighted by atomic mass is 79.9. The smallest absolute Gasteiger partial charge is 0.267 e. The Bertz CT molecular complexity index is 418. The number of carbonyl (C=O) groups excluding carboxylic acids is 1. The predicted molar refractivity (Wildman–Crippen MR) is 72.8 cm³/mol. The van der Waals surface area contributed by atoms with Crippen LogP contribution < -0.4 is 5.32 Å². The van der Waals surface area contributed by atoms with Crippen molar-refractivity contribution < 1.29 is 4.79 Å². The Hall–Kier alpha value is -1.21. The van der Waals surface area contributed by atoms with Crippen LogP contribution in [0.3, 0.4) is 0 Å². The van der Waals surface area contributed by atoms with E-state index in [2.05, 4.69) is 27.2 Å². The number of halogens is 1. The summed E-state index contributed by atoms with van der Waals surface area (Å²) in [5.41, 5.74) is 0.691. The molecule has 3 nitrogen and oxygen atoms in total. The molecule has 0 spiro atoms. The van der Waals surface area contributed by atoms with E-state index in [4.69, 9.17) is 6.42 Å². The van der Waals surface area contributed by atoms with Gasteiger partial charge in [-0.15, -0.1) is 12.3 Å². The maximum Gasteiger partial charge on any atom is 0.267 e. The third-order valence-electron chi connectivity index (χ3n) is 2.47. The summed E-state index contributed by atoms with van der Waals surface area (Å²) in [6.45, 7) is 3.47. The van der Waals surface area contributed by atoms with Gasteiger partial charge in [0.1, 0.15) is 5.69 Å². The summed E-state index contributed by atoms with van der Waals surface area (Å²) in [5.74, 6) is 2.56. The highest BCUT2D eigenvalue weighted by Gasteiger charge is 2.11. The quantitative estimate of drug-likeness (QED) is 0.636. The molecule has 0 radical (unpaired) electrons. The van der Waals surface area contributed by atoms with Crippen LogP contribution in [0.2, 0.25) is 0 Å². The molecule has 0 fully saturated rings. The van der Waals surface area contributed by atoms with Gasteiger partial charge in [-0.05, 0) is 41.8 Å². The number of unbranched alkanes of at least 4 members (excludes halogenated alkanes) is 2. The van der Waals surface area contributed by atoms with E-state index in [0.717, 1.165) is 30.3 Å². The third kappa shape index (κ3) is 4.27. The summed E-state index contributed by atoms with van der Waals surface area (Å²) < 4.78 is 2.85. The van der Waals surface area contributed by atoms with Crippen molar-refractivity contribution in [1.29, 1.82) is 0 Å². The lowest BCUT2D eigenvalue weighted by Crippen LogP contribution is -2.26. The van der Waals surface area contributed by atoms with Crippen molar-refractivity contribution in [1.82, 2.24) is 9.88 Å². The van der Waals surface area contributed by atoms with E-state index < -0.39 is 0 Å². The molecule has 1 amide bonds. The number of rotatable bonds is 6.